The number of oxazole rings is 1. The molecule has 1 aromatic carbocycles. The standard InChI is InChI=1S/C23H27N3O6/c1-4-8-29-21-18-22(26-23(25-21)30-9-7-15-5-6-15)32-20(24-18)16-10-13(2)19(14(3)11-16)31-12-17(27)28/h10-11,15H,4-9,12H2,1-3H3,(H,27,28). The first-order valence-corrected chi connectivity index (χ1v) is 10.8. The predicted octanol–water partition coefficient (Wildman–Crippen LogP) is 4.33. The highest BCUT2D eigenvalue weighted by Gasteiger charge is 2.22. The number of ether oxygens (including phenoxy) is 3. The monoisotopic (exact) mass is 441 g/mol. The van der Waals surface area contributed by atoms with E-state index in [0.29, 0.717) is 42.0 Å². The van der Waals surface area contributed by atoms with Crippen LogP contribution in [0.4, 0.5) is 0 Å². The van der Waals surface area contributed by atoms with Crippen molar-refractivity contribution in [3.05, 3.63) is 23.3 Å². The van der Waals surface area contributed by atoms with Crippen molar-refractivity contribution >= 4 is 17.2 Å². The fourth-order valence-corrected chi connectivity index (χ4v) is 3.42. The second kappa shape index (κ2) is 9.42. The number of aromatic nitrogens is 3. The number of carbonyl (C=O) groups is 1. The van der Waals surface area contributed by atoms with Crippen LogP contribution in [0.5, 0.6) is 17.6 Å². The number of hydrogen-bond acceptors (Lipinski definition) is 8. The lowest BCUT2D eigenvalue weighted by Gasteiger charge is -2.11. The van der Waals surface area contributed by atoms with Gasteiger partial charge in [-0.3, -0.25) is 0 Å². The van der Waals surface area contributed by atoms with Gasteiger partial charge in [-0.25, -0.2) is 9.78 Å². The molecule has 2 aromatic heterocycles. The Morgan fingerprint density at radius 3 is 2.50 bits per heavy atom. The van der Waals surface area contributed by atoms with E-state index in [9.17, 15) is 4.79 Å². The van der Waals surface area contributed by atoms with Crippen molar-refractivity contribution in [2.45, 2.75) is 46.5 Å². The van der Waals surface area contributed by atoms with Crippen molar-refractivity contribution in [1.82, 2.24) is 15.0 Å². The van der Waals surface area contributed by atoms with Crippen molar-refractivity contribution < 1.29 is 28.5 Å². The van der Waals surface area contributed by atoms with Gasteiger partial charge in [0.1, 0.15) is 5.75 Å². The van der Waals surface area contributed by atoms with Crippen molar-refractivity contribution in [2.75, 3.05) is 19.8 Å². The summed E-state index contributed by atoms with van der Waals surface area (Å²) in [6, 6.07) is 3.89. The molecule has 9 heteroatoms. The normalized spacial score (nSPS) is 13.3. The summed E-state index contributed by atoms with van der Waals surface area (Å²) in [5.74, 6) is 0.954. The first-order chi connectivity index (χ1) is 15.4. The van der Waals surface area contributed by atoms with E-state index in [1.807, 2.05) is 32.9 Å². The number of rotatable bonds is 11. The van der Waals surface area contributed by atoms with Crippen molar-refractivity contribution in [3.63, 3.8) is 0 Å². The molecule has 0 radical (unpaired) electrons. The van der Waals surface area contributed by atoms with E-state index in [-0.39, 0.29) is 6.01 Å². The number of fused-ring (bicyclic) bond motifs is 1. The minimum atomic E-state index is -1.03. The van der Waals surface area contributed by atoms with E-state index in [1.165, 1.54) is 12.8 Å². The van der Waals surface area contributed by atoms with Gasteiger partial charge < -0.3 is 23.7 Å². The zero-order valence-electron chi connectivity index (χ0n) is 18.5. The molecule has 9 nitrogen and oxygen atoms in total. The van der Waals surface area contributed by atoms with E-state index >= 15 is 0 Å². The molecule has 3 aromatic rings. The van der Waals surface area contributed by atoms with E-state index in [0.717, 1.165) is 35.4 Å². The van der Waals surface area contributed by atoms with Crippen LogP contribution in [0.2, 0.25) is 0 Å². The lowest BCUT2D eigenvalue weighted by atomic mass is 10.1. The summed E-state index contributed by atoms with van der Waals surface area (Å²) >= 11 is 0. The molecule has 1 saturated carbocycles. The summed E-state index contributed by atoms with van der Waals surface area (Å²) in [6.45, 7) is 6.35. The Bertz CT molecular complexity index is 1100. The smallest absolute Gasteiger partial charge is 0.341 e. The summed E-state index contributed by atoms with van der Waals surface area (Å²) in [5, 5.41) is 8.88. The highest BCUT2D eigenvalue weighted by molar-refractivity contribution is 5.78. The highest BCUT2D eigenvalue weighted by atomic mass is 16.5. The molecule has 4 rings (SSSR count). The Morgan fingerprint density at radius 1 is 1.09 bits per heavy atom. The Labute approximate surface area is 185 Å². The second-order valence-corrected chi connectivity index (χ2v) is 8.03. The van der Waals surface area contributed by atoms with Gasteiger partial charge in [-0.15, -0.1) is 0 Å². The molecule has 0 atom stereocenters. The Morgan fingerprint density at radius 2 is 1.84 bits per heavy atom. The number of nitrogens with zero attached hydrogens (tertiary/aromatic N) is 3. The first-order valence-electron chi connectivity index (χ1n) is 10.8. The predicted molar refractivity (Wildman–Crippen MR) is 116 cm³/mol. The average Bonchev–Trinajstić information content (AvgIpc) is 3.47. The van der Waals surface area contributed by atoms with Gasteiger partial charge in [0.25, 0.3) is 11.6 Å². The van der Waals surface area contributed by atoms with Crippen LogP contribution >= 0.6 is 0 Å². The van der Waals surface area contributed by atoms with Gasteiger partial charge in [0.05, 0.1) is 13.2 Å². The maximum Gasteiger partial charge on any atom is 0.341 e. The molecule has 2 heterocycles. The molecular formula is C23H27N3O6. The molecule has 0 spiro atoms. The van der Waals surface area contributed by atoms with E-state index in [2.05, 4.69) is 15.0 Å². The summed E-state index contributed by atoms with van der Waals surface area (Å²) in [7, 11) is 0. The number of aliphatic carboxylic acids is 1. The molecule has 0 bridgehead atoms. The molecule has 1 fully saturated rings. The summed E-state index contributed by atoms with van der Waals surface area (Å²) < 4.78 is 22.9. The zero-order valence-corrected chi connectivity index (χ0v) is 18.5. The summed E-state index contributed by atoms with van der Waals surface area (Å²) in [5.41, 5.74) is 3.01. The minimum Gasteiger partial charge on any atom is -0.481 e. The quantitative estimate of drug-likeness (QED) is 0.464. The third-order valence-electron chi connectivity index (χ3n) is 5.15. The second-order valence-electron chi connectivity index (χ2n) is 8.03. The third kappa shape index (κ3) is 5.09. The molecule has 1 aliphatic rings. The lowest BCUT2D eigenvalue weighted by Crippen LogP contribution is -2.10. The van der Waals surface area contributed by atoms with Crippen LogP contribution in [0.3, 0.4) is 0 Å². The van der Waals surface area contributed by atoms with Crippen LogP contribution in [-0.4, -0.2) is 45.8 Å². The molecule has 0 amide bonds. The fraction of sp³-hybridized carbons (Fsp3) is 0.478. The number of carboxylic acid groups (broad SMARTS) is 1. The molecule has 0 aliphatic heterocycles. The Hall–Kier alpha value is -3.36. The minimum absolute atomic E-state index is 0.219. The van der Waals surface area contributed by atoms with Crippen LogP contribution in [0.25, 0.3) is 22.7 Å². The van der Waals surface area contributed by atoms with Gasteiger partial charge in [-0.2, -0.15) is 9.97 Å². The van der Waals surface area contributed by atoms with Gasteiger partial charge in [-0.05, 0) is 55.9 Å². The van der Waals surface area contributed by atoms with Crippen molar-refractivity contribution in [1.29, 1.82) is 0 Å². The maximum atomic E-state index is 10.8. The average molecular weight is 441 g/mol. The number of benzene rings is 1. The maximum absolute atomic E-state index is 10.8. The van der Waals surface area contributed by atoms with Gasteiger partial charge in [0, 0.05) is 5.56 Å². The molecule has 170 valence electrons. The molecule has 0 unspecified atom stereocenters. The SMILES string of the molecule is CCCOc1nc(OCCC2CC2)nc2oc(-c3cc(C)c(OCC(=O)O)c(C)c3)nc12. The van der Waals surface area contributed by atoms with E-state index in [1.54, 1.807) is 0 Å². The number of carboxylic acids is 1. The topological polar surface area (TPSA) is 117 Å². The summed E-state index contributed by atoms with van der Waals surface area (Å²) in [4.78, 5) is 24.2. The van der Waals surface area contributed by atoms with Gasteiger partial charge in [0.2, 0.25) is 5.89 Å². The zero-order chi connectivity index (χ0) is 22.7. The summed E-state index contributed by atoms with van der Waals surface area (Å²) in [6.07, 6.45) is 4.34. The third-order valence-corrected chi connectivity index (χ3v) is 5.15. The van der Waals surface area contributed by atoms with Gasteiger partial charge >= 0.3 is 12.0 Å². The molecule has 1 aliphatic carbocycles. The van der Waals surface area contributed by atoms with Crippen LogP contribution in [0.15, 0.2) is 16.5 Å². The van der Waals surface area contributed by atoms with Gasteiger partial charge in [-0.1, -0.05) is 19.8 Å². The van der Waals surface area contributed by atoms with Crippen LogP contribution in [-0.2, 0) is 4.79 Å². The first kappa shape index (κ1) is 21.9. The molecular weight excluding hydrogens is 414 g/mol. The number of aryl methyl sites for hydroxylation is 2. The van der Waals surface area contributed by atoms with Crippen molar-refractivity contribution in [3.8, 4) is 29.1 Å². The van der Waals surface area contributed by atoms with Crippen LogP contribution < -0.4 is 14.2 Å². The molecule has 1 N–H and O–H groups in total. The molecule has 32 heavy (non-hydrogen) atoms. The van der Waals surface area contributed by atoms with E-state index < -0.39 is 12.6 Å². The van der Waals surface area contributed by atoms with Crippen LogP contribution in [0.1, 0.15) is 43.7 Å². The Kier molecular flexibility index (Phi) is 6.43. The van der Waals surface area contributed by atoms with E-state index in [4.69, 9.17) is 23.7 Å². The highest BCUT2D eigenvalue weighted by Crippen LogP contribution is 2.34. The van der Waals surface area contributed by atoms with Gasteiger partial charge in [0.15, 0.2) is 12.1 Å². The lowest BCUT2D eigenvalue weighted by molar-refractivity contribution is -0.139. The number of hydrogen-bond donors (Lipinski definition) is 1. The largest absolute Gasteiger partial charge is 0.481 e. The van der Waals surface area contributed by atoms with Crippen LogP contribution in [0, 0.1) is 19.8 Å². The van der Waals surface area contributed by atoms with Crippen molar-refractivity contribution in [2.24, 2.45) is 5.92 Å². The fourth-order valence-electron chi connectivity index (χ4n) is 3.42. The Balaban J connectivity index is 1.64. The molecule has 0 saturated heterocycles.